The molecular formula is C19H34Cl2N4O2. The topological polar surface area (TPSA) is 55.9 Å². The van der Waals surface area contributed by atoms with Crippen LogP contribution >= 0.6 is 24.8 Å². The highest BCUT2D eigenvalue weighted by Gasteiger charge is 2.58. The summed E-state index contributed by atoms with van der Waals surface area (Å²) in [6.45, 7) is 7.77. The standard InChI is InChI=1S/C19H32N4O2.2ClH/c24-17(22-8-2-1-3-9-22)15-21-10-12-23(13-11-21)18(25)16-14-19(16)4-6-20-7-5-19;;/h16,20H,1-15H2;2*1H. The summed E-state index contributed by atoms with van der Waals surface area (Å²) in [7, 11) is 0. The van der Waals surface area contributed by atoms with E-state index in [1.54, 1.807) is 0 Å². The van der Waals surface area contributed by atoms with Gasteiger partial charge in [0.15, 0.2) is 0 Å². The highest BCUT2D eigenvalue weighted by molar-refractivity contribution is 5.85. The lowest BCUT2D eigenvalue weighted by Gasteiger charge is -2.36. The minimum Gasteiger partial charge on any atom is -0.342 e. The molecule has 2 amide bonds. The zero-order chi connectivity index (χ0) is 17.3. The predicted molar refractivity (Wildman–Crippen MR) is 111 cm³/mol. The van der Waals surface area contributed by atoms with Gasteiger partial charge in [0, 0.05) is 45.2 Å². The Balaban J connectivity index is 0.00000131. The molecule has 0 bridgehead atoms. The Morgan fingerprint density at radius 1 is 0.852 bits per heavy atom. The lowest BCUT2D eigenvalue weighted by Crippen LogP contribution is -2.52. The molecule has 0 aromatic carbocycles. The van der Waals surface area contributed by atoms with Crippen molar-refractivity contribution in [2.45, 2.75) is 38.5 Å². The van der Waals surface area contributed by atoms with Crippen LogP contribution in [0.3, 0.4) is 0 Å². The highest BCUT2D eigenvalue weighted by Crippen LogP contribution is 2.59. The van der Waals surface area contributed by atoms with Gasteiger partial charge in [0.2, 0.25) is 11.8 Å². The SMILES string of the molecule is Cl.Cl.O=C(CN1CCN(C(=O)C2CC23CCNCC3)CC1)N1CCCCC1. The van der Waals surface area contributed by atoms with E-state index >= 15 is 0 Å². The van der Waals surface area contributed by atoms with Crippen LogP contribution in [0.2, 0.25) is 0 Å². The molecule has 3 heterocycles. The fourth-order valence-corrected chi connectivity index (χ4v) is 4.96. The van der Waals surface area contributed by atoms with Crippen molar-refractivity contribution >= 4 is 36.6 Å². The van der Waals surface area contributed by atoms with Crippen LogP contribution in [0.4, 0.5) is 0 Å². The summed E-state index contributed by atoms with van der Waals surface area (Å²) >= 11 is 0. The average molecular weight is 421 g/mol. The zero-order valence-corrected chi connectivity index (χ0v) is 17.8. The molecule has 1 N–H and O–H groups in total. The van der Waals surface area contributed by atoms with E-state index in [2.05, 4.69) is 15.1 Å². The number of carbonyl (C=O) groups is 2. The molecule has 8 heteroatoms. The molecule has 0 radical (unpaired) electrons. The maximum atomic E-state index is 12.8. The Labute approximate surface area is 175 Å². The number of rotatable bonds is 3. The van der Waals surface area contributed by atoms with Crippen LogP contribution in [0.15, 0.2) is 0 Å². The Morgan fingerprint density at radius 2 is 1.48 bits per heavy atom. The Kier molecular flexibility index (Phi) is 8.22. The van der Waals surface area contributed by atoms with Gasteiger partial charge in [-0.05, 0) is 57.0 Å². The first-order valence-corrected chi connectivity index (χ1v) is 10.2. The number of likely N-dealkylation sites (tertiary alicyclic amines) is 1. The first-order valence-electron chi connectivity index (χ1n) is 10.2. The summed E-state index contributed by atoms with van der Waals surface area (Å²) in [5.74, 6) is 0.926. The first kappa shape index (κ1) is 22.7. The molecule has 1 saturated carbocycles. The van der Waals surface area contributed by atoms with Crippen LogP contribution in [0.25, 0.3) is 0 Å². The van der Waals surface area contributed by atoms with Crippen LogP contribution in [0.1, 0.15) is 38.5 Å². The van der Waals surface area contributed by atoms with E-state index in [0.29, 0.717) is 17.9 Å². The maximum Gasteiger partial charge on any atom is 0.236 e. The second-order valence-corrected chi connectivity index (χ2v) is 8.41. The number of piperidine rings is 2. The van der Waals surface area contributed by atoms with Crippen molar-refractivity contribution in [3.8, 4) is 0 Å². The molecule has 4 fully saturated rings. The van der Waals surface area contributed by atoms with E-state index < -0.39 is 0 Å². The number of piperazine rings is 1. The van der Waals surface area contributed by atoms with Gasteiger partial charge in [0.1, 0.15) is 0 Å². The molecule has 156 valence electrons. The molecule has 1 spiro atoms. The quantitative estimate of drug-likeness (QED) is 0.748. The molecule has 6 nitrogen and oxygen atoms in total. The first-order chi connectivity index (χ1) is 12.2. The molecule has 0 aromatic rings. The lowest BCUT2D eigenvalue weighted by atomic mass is 9.91. The van der Waals surface area contributed by atoms with Gasteiger partial charge in [0.25, 0.3) is 0 Å². The number of hydrogen-bond donors (Lipinski definition) is 1. The molecule has 4 rings (SSSR count). The molecule has 0 aromatic heterocycles. The van der Waals surface area contributed by atoms with E-state index in [1.165, 1.54) is 6.42 Å². The fraction of sp³-hybridized carbons (Fsp3) is 0.895. The summed E-state index contributed by atoms with van der Waals surface area (Å²) in [6.07, 6.45) is 6.96. The van der Waals surface area contributed by atoms with Crippen molar-refractivity contribution in [3.05, 3.63) is 0 Å². The summed E-state index contributed by atoms with van der Waals surface area (Å²) < 4.78 is 0. The van der Waals surface area contributed by atoms with Gasteiger partial charge >= 0.3 is 0 Å². The van der Waals surface area contributed by atoms with Crippen LogP contribution < -0.4 is 5.32 Å². The third kappa shape index (κ3) is 5.08. The van der Waals surface area contributed by atoms with Gasteiger partial charge in [-0.1, -0.05) is 0 Å². The van der Waals surface area contributed by atoms with Gasteiger partial charge in [-0.2, -0.15) is 0 Å². The van der Waals surface area contributed by atoms with E-state index in [0.717, 1.165) is 84.5 Å². The molecule has 1 unspecified atom stereocenters. The average Bonchev–Trinajstić information content (AvgIpc) is 3.35. The van der Waals surface area contributed by atoms with Gasteiger partial charge in [-0.25, -0.2) is 0 Å². The highest BCUT2D eigenvalue weighted by atomic mass is 35.5. The van der Waals surface area contributed by atoms with Crippen LogP contribution in [0, 0.1) is 11.3 Å². The van der Waals surface area contributed by atoms with Crippen LogP contribution in [0.5, 0.6) is 0 Å². The molecule has 3 aliphatic heterocycles. The number of nitrogens with one attached hydrogen (secondary N) is 1. The minimum absolute atomic E-state index is 0. The lowest BCUT2D eigenvalue weighted by molar-refractivity contribution is -0.137. The van der Waals surface area contributed by atoms with E-state index in [-0.39, 0.29) is 36.6 Å². The smallest absolute Gasteiger partial charge is 0.236 e. The zero-order valence-electron chi connectivity index (χ0n) is 16.2. The second kappa shape index (κ2) is 9.77. The third-order valence-electron chi connectivity index (χ3n) is 6.84. The number of amides is 2. The third-order valence-corrected chi connectivity index (χ3v) is 6.84. The minimum atomic E-state index is 0. The number of halogens is 2. The second-order valence-electron chi connectivity index (χ2n) is 8.41. The molecular weight excluding hydrogens is 387 g/mol. The molecule has 4 aliphatic rings. The monoisotopic (exact) mass is 420 g/mol. The summed E-state index contributed by atoms with van der Waals surface area (Å²) in [5.41, 5.74) is 0.323. The van der Waals surface area contributed by atoms with E-state index in [9.17, 15) is 9.59 Å². The van der Waals surface area contributed by atoms with Crippen molar-refractivity contribution in [2.75, 3.05) is 58.9 Å². The van der Waals surface area contributed by atoms with Crippen molar-refractivity contribution < 1.29 is 9.59 Å². The molecule has 1 atom stereocenters. The van der Waals surface area contributed by atoms with Crippen LogP contribution in [-0.4, -0.2) is 85.4 Å². The molecule has 27 heavy (non-hydrogen) atoms. The molecule has 1 aliphatic carbocycles. The van der Waals surface area contributed by atoms with Gasteiger partial charge < -0.3 is 15.1 Å². The van der Waals surface area contributed by atoms with Crippen molar-refractivity contribution in [3.63, 3.8) is 0 Å². The number of nitrogens with zero attached hydrogens (tertiary/aromatic N) is 3. The van der Waals surface area contributed by atoms with Gasteiger partial charge in [-0.3, -0.25) is 14.5 Å². The number of hydrogen-bond acceptors (Lipinski definition) is 4. The predicted octanol–water partition coefficient (Wildman–Crippen LogP) is 1.38. The summed E-state index contributed by atoms with van der Waals surface area (Å²) in [5, 5.41) is 3.40. The summed E-state index contributed by atoms with van der Waals surface area (Å²) in [6, 6.07) is 0. The number of carbonyl (C=O) groups excluding carboxylic acids is 2. The Morgan fingerprint density at radius 3 is 2.11 bits per heavy atom. The summed E-state index contributed by atoms with van der Waals surface area (Å²) in [4.78, 5) is 31.5. The van der Waals surface area contributed by atoms with Crippen molar-refractivity contribution in [1.29, 1.82) is 0 Å². The van der Waals surface area contributed by atoms with Crippen molar-refractivity contribution in [1.82, 2.24) is 20.0 Å². The van der Waals surface area contributed by atoms with Gasteiger partial charge in [-0.15, -0.1) is 24.8 Å². The van der Waals surface area contributed by atoms with E-state index in [1.807, 2.05) is 4.90 Å². The van der Waals surface area contributed by atoms with Crippen LogP contribution in [-0.2, 0) is 9.59 Å². The van der Waals surface area contributed by atoms with Crippen molar-refractivity contribution in [2.24, 2.45) is 11.3 Å². The largest absolute Gasteiger partial charge is 0.342 e. The maximum absolute atomic E-state index is 12.8. The fourth-order valence-electron chi connectivity index (χ4n) is 4.96. The normalized spacial score (nSPS) is 27.5. The Bertz CT molecular complexity index is 514. The molecule has 3 saturated heterocycles. The van der Waals surface area contributed by atoms with E-state index in [4.69, 9.17) is 0 Å². The Hall–Kier alpha value is -0.560. The van der Waals surface area contributed by atoms with Gasteiger partial charge in [0.05, 0.1) is 6.54 Å².